The maximum Gasteiger partial charge on any atom is 0.363 e. The molecule has 6 atom stereocenters. The summed E-state index contributed by atoms with van der Waals surface area (Å²) in [5, 5.41) is 1.52. The fourth-order valence-corrected chi connectivity index (χ4v) is 6.87. The number of fused-ring (bicyclic) bond motifs is 3. The zero-order chi connectivity index (χ0) is 25.0. The molecule has 3 aliphatic rings. The third kappa shape index (κ3) is 3.62. The van der Waals surface area contributed by atoms with E-state index in [1.807, 2.05) is 13.8 Å². The molecule has 35 heavy (non-hydrogen) atoms. The van der Waals surface area contributed by atoms with Crippen molar-refractivity contribution >= 4 is 35.0 Å². The highest BCUT2D eigenvalue weighted by Crippen LogP contribution is 2.64. The highest BCUT2D eigenvalue weighted by molar-refractivity contribution is 7.07. The number of hydrogen-bond donors (Lipinski definition) is 0. The van der Waals surface area contributed by atoms with Crippen molar-refractivity contribution in [1.29, 1.82) is 0 Å². The number of carbonyl (C=O) groups is 4. The number of thiazole rings is 1. The Balaban J connectivity index is 1.58. The molecule has 1 saturated carbocycles. The zero-order valence-corrected chi connectivity index (χ0v) is 20.3. The number of ether oxygens (including phenoxy) is 3. The Morgan fingerprint density at radius 2 is 2.03 bits per heavy atom. The summed E-state index contributed by atoms with van der Waals surface area (Å²) in [5.41, 5.74) is 0.549. The van der Waals surface area contributed by atoms with Gasteiger partial charge in [-0.1, -0.05) is 13.8 Å². The molecule has 1 saturated heterocycles. The number of esters is 3. The minimum Gasteiger partial charge on any atom is -0.472 e. The lowest BCUT2D eigenvalue weighted by Crippen LogP contribution is -2.61. The Bertz CT molecular complexity index is 1200. The van der Waals surface area contributed by atoms with E-state index in [4.69, 9.17) is 18.6 Å². The number of methoxy groups -OCH3 is 1. The molecular weight excluding hydrogens is 474 g/mol. The van der Waals surface area contributed by atoms with Gasteiger partial charge in [0.1, 0.15) is 6.10 Å². The average Bonchev–Trinajstić information content (AvgIpc) is 3.54. The van der Waals surface area contributed by atoms with Crippen LogP contribution in [-0.2, 0) is 28.6 Å². The molecule has 9 nitrogen and oxygen atoms in total. The van der Waals surface area contributed by atoms with E-state index in [2.05, 4.69) is 4.98 Å². The van der Waals surface area contributed by atoms with E-state index in [9.17, 15) is 19.2 Å². The molecule has 0 amide bonds. The van der Waals surface area contributed by atoms with Crippen LogP contribution < -0.4 is 0 Å². The number of hydrogen-bond acceptors (Lipinski definition) is 10. The molecule has 2 aromatic rings. The van der Waals surface area contributed by atoms with Crippen LogP contribution in [0.3, 0.4) is 0 Å². The van der Waals surface area contributed by atoms with Crippen LogP contribution in [0.5, 0.6) is 0 Å². The van der Waals surface area contributed by atoms with Crippen molar-refractivity contribution < 1.29 is 37.8 Å². The highest BCUT2D eigenvalue weighted by Gasteiger charge is 2.66. The first-order chi connectivity index (χ1) is 16.7. The van der Waals surface area contributed by atoms with Gasteiger partial charge < -0.3 is 18.6 Å². The van der Waals surface area contributed by atoms with E-state index in [-0.39, 0.29) is 17.4 Å². The lowest BCUT2D eigenvalue weighted by molar-refractivity contribution is -0.197. The van der Waals surface area contributed by atoms with E-state index in [0.29, 0.717) is 24.8 Å². The second-order valence-electron chi connectivity index (χ2n) is 9.88. The van der Waals surface area contributed by atoms with E-state index >= 15 is 0 Å². The second-order valence-corrected chi connectivity index (χ2v) is 10.6. The van der Waals surface area contributed by atoms with Crippen LogP contribution in [0.4, 0.5) is 0 Å². The van der Waals surface area contributed by atoms with Crippen LogP contribution >= 0.6 is 11.3 Å². The van der Waals surface area contributed by atoms with E-state index in [0.717, 1.165) is 0 Å². The second kappa shape index (κ2) is 8.44. The Morgan fingerprint density at radius 1 is 1.23 bits per heavy atom. The minimum atomic E-state index is -0.861. The fraction of sp³-hybridized carbons (Fsp3) is 0.480. The third-order valence-corrected chi connectivity index (χ3v) is 8.59. The van der Waals surface area contributed by atoms with Crippen molar-refractivity contribution in [2.45, 2.75) is 39.2 Å². The van der Waals surface area contributed by atoms with E-state index in [1.165, 1.54) is 47.9 Å². The van der Waals surface area contributed by atoms with Crippen molar-refractivity contribution in [3.8, 4) is 0 Å². The standard InChI is InChI=1S/C25H25NO8S/c1-24-6-4-14-22(29)34-18(13-5-7-32-10-13)9-25(14,2)20(24)19(27)17(8-15(24)21(28)31-3)33-23(30)16-11-35-12-26-16/h5,7-8,10-12,14-15,18,20H,4,6,9H2,1-3H3. The topological polar surface area (TPSA) is 122 Å². The van der Waals surface area contributed by atoms with E-state index < -0.39 is 52.4 Å². The van der Waals surface area contributed by atoms with Gasteiger partial charge in [0.25, 0.3) is 0 Å². The van der Waals surface area contributed by atoms with Gasteiger partial charge in [0.05, 0.1) is 37.0 Å². The lowest BCUT2D eigenvalue weighted by atomic mass is 9.44. The van der Waals surface area contributed by atoms with Crippen molar-refractivity contribution in [3.05, 3.63) is 52.6 Å². The SMILES string of the molecule is COC(=O)C1C=C(OC(=O)c2cscn2)C(=O)C2C1(C)CCC1C(=O)OC(c3ccoc3)CC12C. The van der Waals surface area contributed by atoms with Gasteiger partial charge in [0.2, 0.25) is 5.78 Å². The largest absolute Gasteiger partial charge is 0.472 e. The van der Waals surface area contributed by atoms with Gasteiger partial charge in [-0.2, -0.15) is 0 Å². The number of aromatic nitrogens is 1. The smallest absolute Gasteiger partial charge is 0.363 e. The van der Waals surface area contributed by atoms with Crippen LogP contribution in [-0.4, -0.2) is 35.8 Å². The fourth-order valence-electron chi connectivity index (χ4n) is 6.35. The van der Waals surface area contributed by atoms with Crippen molar-refractivity contribution in [1.82, 2.24) is 4.98 Å². The van der Waals surface area contributed by atoms with Crippen molar-refractivity contribution in [3.63, 3.8) is 0 Å². The summed E-state index contributed by atoms with van der Waals surface area (Å²) < 4.78 is 21.5. The van der Waals surface area contributed by atoms with Gasteiger partial charge in [0, 0.05) is 16.9 Å². The van der Waals surface area contributed by atoms with Crippen LogP contribution in [0.2, 0.25) is 0 Å². The maximum atomic E-state index is 14.0. The zero-order valence-electron chi connectivity index (χ0n) is 19.5. The monoisotopic (exact) mass is 499 g/mol. The number of allylic oxidation sites excluding steroid dienone is 1. The molecule has 0 spiro atoms. The van der Waals surface area contributed by atoms with Gasteiger partial charge >= 0.3 is 17.9 Å². The first-order valence-corrected chi connectivity index (χ1v) is 12.3. The first-order valence-electron chi connectivity index (χ1n) is 11.4. The molecule has 0 aromatic carbocycles. The van der Waals surface area contributed by atoms with Gasteiger partial charge in [-0.15, -0.1) is 11.3 Å². The molecule has 10 heteroatoms. The average molecular weight is 500 g/mol. The van der Waals surface area contributed by atoms with Crippen LogP contribution in [0.15, 0.2) is 45.7 Å². The molecule has 3 heterocycles. The molecule has 5 rings (SSSR count). The third-order valence-electron chi connectivity index (χ3n) is 8.00. The summed E-state index contributed by atoms with van der Waals surface area (Å²) >= 11 is 1.22. The summed E-state index contributed by atoms with van der Waals surface area (Å²) in [5.74, 6) is -4.50. The normalized spacial score (nSPS) is 34.2. The molecule has 2 aliphatic carbocycles. The Kier molecular flexibility index (Phi) is 5.66. The number of rotatable bonds is 4. The number of nitrogens with zero attached hydrogens (tertiary/aromatic N) is 1. The van der Waals surface area contributed by atoms with Crippen LogP contribution in [0, 0.1) is 28.6 Å². The summed E-state index contributed by atoms with van der Waals surface area (Å²) in [6, 6.07) is 1.73. The molecular formula is C25H25NO8S. The molecule has 1 aliphatic heterocycles. The molecule has 0 N–H and O–H groups in total. The molecule has 6 unspecified atom stereocenters. The van der Waals surface area contributed by atoms with Gasteiger partial charge in [-0.25, -0.2) is 9.78 Å². The summed E-state index contributed by atoms with van der Waals surface area (Å²) in [7, 11) is 1.28. The minimum absolute atomic E-state index is 0.0700. The molecule has 2 aromatic heterocycles. The van der Waals surface area contributed by atoms with E-state index in [1.54, 1.807) is 6.07 Å². The summed E-state index contributed by atoms with van der Waals surface area (Å²) in [6.07, 6.45) is 5.07. The Labute approximate surface area is 205 Å². The van der Waals surface area contributed by atoms with Gasteiger partial charge in [-0.3, -0.25) is 14.4 Å². The summed E-state index contributed by atoms with van der Waals surface area (Å²) in [6.45, 7) is 3.77. The highest BCUT2D eigenvalue weighted by atomic mass is 32.1. The van der Waals surface area contributed by atoms with Crippen molar-refractivity contribution in [2.24, 2.45) is 28.6 Å². The number of ketones is 1. The van der Waals surface area contributed by atoms with Gasteiger partial charge in [0.15, 0.2) is 11.5 Å². The quantitative estimate of drug-likeness (QED) is 0.456. The Morgan fingerprint density at radius 3 is 2.69 bits per heavy atom. The number of Topliss-reactive ketones (excluding diaryl/α,β-unsaturated/α-hetero) is 1. The number of furan rings is 1. The first kappa shape index (κ1) is 23.5. The lowest BCUT2D eigenvalue weighted by Gasteiger charge is -2.59. The molecule has 184 valence electrons. The van der Waals surface area contributed by atoms with Gasteiger partial charge in [-0.05, 0) is 42.2 Å². The number of cyclic esters (lactones) is 1. The number of carbonyl (C=O) groups excluding carboxylic acids is 4. The van der Waals surface area contributed by atoms with Crippen LogP contribution in [0.25, 0.3) is 0 Å². The molecule has 0 radical (unpaired) electrons. The summed E-state index contributed by atoms with van der Waals surface area (Å²) in [4.78, 5) is 56.7. The Hall–Kier alpha value is -3.27. The molecule has 2 fully saturated rings. The van der Waals surface area contributed by atoms with Crippen molar-refractivity contribution in [2.75, 3.05) is 7.11 Å². The van der Waals surface area contributed by atoms with Crippen LogP contribution in [0.1, 0.15) is 55.3 Å². The molecule has 0 bridgehead atoms. The predicted molar refractivity (Wildman–Crippen MR) is 121 cm³/mol. The maximum absolute atomic E-state index is 14.0. The predicted octanol–water partition coefficient (Wildman–Crippen LogP) is 3.88.